The van der Waals surface area contributed by atoms with Crippen LogP contribution in [-0.2, 0) is 17.9 Å². The van der Waals surface area contributed by atoms with Crippen molar-refractivity contribution in [1.29, 1.82) is 0 Å². The number of aliphatic carboxylic acids is 1. The van der Waals surface area contributed by atoms with E-state index in [0.717, 1.165) is 24.9 Å². The molecule has 120 valence electrons. The number of nitrogens with one attached hydrogen (secondary N) is 1. The molecule has 0 radical (unpaired) electrons. The van der Waals surface area contributed by atoms with Crippen molar-refractivity contribution in [2.24, 2.45) is 11.3 Å². The van der Waals surface area contributed by atoms with Gasteiger partial charge in [0, 0.05) is 37.9 Å². The van der Waals surface area contributed by atoms with E-state index in [1.807, 2.05) is 13.1 Å². The van der Waals surface area contributed by atoms with Gasteiger partial charge in [0.25, 0.3) is 0 Å². The maximum atomic E-state index is 12.3. The van der Waals surface area contributed by atoms with Gasteiger partial charge in [-0.25, -0.2) is 4.79 Å². The van der Waals surface area contributed by atoms with E-state index < -0.39 is 11.4 Å². The number of carbonyl (C=O) groups is 2. The summed E-state index contributed by atoms with van der Waals surface area (Å²) in [5.74, 6) is -0.659. The monoisotopic (exact) mass is 306 g/mol. The van der Waals surface area contributed by atoms with E-state index in [2.05, 4.69) is 10.4 Å². The Morgan fingerprint density at radius 3 is 3.00 bits per heavy atom. The van der Waals surface area contributed by atoms with Gasteiger partial charge >= 0.3 is 12.0 Å². The van der Waals surface area contributed by atoms with E-state index in [0.29, 0.717) is 26.1 Å². The van der Waals surface area contributed by atoms with Gasteiger partial charge in [0.2, 0.25) is 0 Å². The van der Waals surface area contributed by atoms with Crippen LogP contribution in [0.1, 0.15) is 31.7 Å². The molecule has 2 fully saturated rings. The third-order valence-electron chi connectivity index (χ3n) is 5.04. The number of carboxylic acids is 1. The molecule has 0 spiro atoms. The van der Waals surface area contributed by atoms with Crippen molar-refractivity contribution in [2.45, 2.75) is 39.3 Å². The van der Waals surface area contributed by atoms with E-state index in [-0.39, 0.29) is 11.9 Å². The van der Waals surface area contributed by atoms with Crippen LogP contribution in [-0.4, -0.2) is 44.9 Å². The Morgan fingerprint density at radius 1 is 1.55 bits per heavy atom. The van der Waals surface area contributed by atoms with E-state index in [1.54, 1.807) is 15.8 Å². The molecule has 2 aliphatic rings. The second-order valence-corrected chi connectivity index (χ2v) is 6.29. The van der Waals surface area contributed by atoms with Crippen molar-refractivity contribution in [3.63, 3.8) is 0 Å². The Labute approximate surface area is 129 Å². The summed E-state index contributed by atoms with van der Waals surface area (Å²) in [6, 6.07) is -0.181. The second kappa shape index (κ2) is 5.62. The molecular weight excluding hydrogens is 284 g/mol. The lowest BCUT2D eigenvalue weighted by Crippen LogP contribution is -2.41. The van der Waals surface area contributed by atoms with Crippen LogP contribution in [0.3, 0.4) is 0 Å². The Bertz CT molecular complexity index is 585. The van der Waals surface area contributed by atoms with Crippen LogP contribution in [0.5, 0.6) is 0 Å². The van der Waals surface area contributed by atoms with Crippen molar-refractivity contribution >= 4 is 12.0 Å². The van der Waals surface area contributed by atoms with Gasteiger partial charge in [-0.15, -0.1) is 0 Å². The summed E-state index contributed by atoms with van der Waals surface area (Å²) in [5, 5.41) is 16.6. The number of carbonyl (C=O) groups excluding carboxylic acids is 1. The van der Waals surface area contributed by atoms with E-state index >= 15 is 0 Å². The number of likely N-dealkylation sites (tertiary alicyclic amines) is 1. The molecule has 1 aromatic heterocycles. The molecule has 1 saturated carbocycles. The van der Waals surface area contributed by atoms with Crippen LogP contribution >= 0.6 is 0 Å². The first-order valence-corrected chi connectivity index (χ1v) is 7.82. The van der Waals surface area contributed by atoms with Gasteiger partial charge in [-0.05, 0) is 25.7 Å². The third kappa shape index (κ3) is 2.44. The molecule has 22 heavy (non-hydrogen) atoms. The number of urea groups is 1. The summed E-state index contributed by atoms with van der Waals surface area (Å²) < 4.78 is 1.81. The minimum Gasteiger partial charge on any atom is -0.481 e. The van der Waals surface area contributed by atoms with E-state index in [1.165, 1.54) is 0 Å². The molecule has 2 amide bonds. The maximum absolute atomic E-state index is 12.3. The third-order valence-corrected chi connectivity index (χ3v) is 5.04. The number of rotatable bonds is 4. The lowest BCUT2D eigenvalue weighted by atomic mass is 9.81. The predicted molar refractivity (Wildman–Crippen MR) is 79.1 cm³/mol. The first-order chi connectivity index (χ1) is 10.5. The quantitative estimate of drug-likeness (QED) is 0.877. The van der Waals surface area contributed by atoms with Crippen LogP contribution in [0.4, 0.5) is 4.79 Å². The Hall–Kier alpha value is -2.05. The summed E-state index contributed by atoms with van der Waals surface area (Å²) in [6.45, 7) is 4.09. The number of carboxylic acid groups (broad SMARTS) is 1. The minimum absolute atomic E-state index is 0.0959. The van der Waals surface area contributed by atoms with Crippen molar-refractivity contribution < 1.29 is 14.7 Å². The summed E-state index contributed by atoms with van der Waals surface area (Å²) in [7, 11) is 0. The largest absolute Gasteiger partial charge is 0.481 e. The van der Waals surface area contributed by atoms with Gasteiger partial charge < -0.3 is 15.3 Å². The van der Waals surface area contributed by atoms with Crippen molar-refractivity contribution in [2.75, 3.05) is 13.1 Å². The van der Waals surface area contributed by atoms with Gasteiger partial charge in [-0.1, -0.05) is 6.42 Å². The number of hydrogen-bond donors (Lipinski definition) is 2. The average Bonchev–Trinajstić information content (AvgIpc) is 3.17. The van der Waals surface area contributed by atoms with Gasteiger partial charge in [-0.2, -0.15) is 5.10 Å². The number of nitrogens with zero attached hydrogens (tertiary/aromatic N) is 3. The topological polar surface area (TPSA) is 87.5 Å². The van der Waals surface area contributed by atoms with Crippen molar-refractivity contribution in [3.8, 4) is 0 Å². The van der Waals surface area contributed by atoms with Crippen LogP contribution in [0.2, 0.25) is 0 Å². The fraction of sp³-hybridized carbons (Fsp3) is 0.667. The molecule has 0 bridgehead atoms. The fourth-order valence-corrected chi connectivity index (χ4v) is 3.75. The molecule has 3 rings (SSSR count). The first-order valence-electron chi connectivity index (χ1n) is 7.82. The van der Waals surface area contributed by atoms with Gasteiger partial charge in [0.05, 0.1) is 11.6 Å². The standard InChI is InChI=1S/C15H22N4O3/c1-2-19-8-11(7-17-19)6-16-14(22)18-9-12-4-3-5-15(12,10-18)13(20)21/h7-8,12H,2-6,9-10H2,1H3,(H,16,22)(H,20,21)/t12-,15+/m0/s1. The normalized spacial score (nSPS) is 27.0. The molecule has 2 heterocycles. The molecule has 1 saturated heterocycles. The highest BCUT2D eigenvalue weighted by Crippen LogP contribution is 2.48. The number of amides is 2. The Kier molecular flexibility index (Phi) is 3.80. The lowest BCUT2D eigenvalue weighted by molar-refractivity contribution is -0.149. The Morgan fingerprint density at radius 2 is 2.36 bits per heavy atom. The molecule has 1 aromatic rings. The first kappa shape index (κ1) is 14.9. The highest BCUT2D eigenvalue weighted by atomic mass is 16.4. The maximum Gasteiger partial charge on any atom is 0.317 e. The second-order valence-electron chi connectivity index (χ2n) is 6.29. The van der Waals surface area contributed by atoms with Crippen molar-refractivity contribution in [1.82, 2.24) is 20.0 Å². The molecule has 1 aliphatic carbocycles. The molecule has 7 nitrogen and oxygen atoms in total. The number of aromatic nitrogens is 2. The zero-order valence-corrected chi connectivity index (χ0v) is 12.8. The molecule has 2 atom stereocenters. The number of aryl methyl sites for hydroxylation is 1. The average molecular weight is 306 g/mol. The highest BCUT2D eigenvalue weighted by molar-refractivity contribution is 5.80. The SMILES string of the molecule is CCn1cc(CNC(=O)N2C[C@@H]3CCC[C@@]3(C(=O)O)C2)cn1. The fourth-order valence-electron chi connectivity index (χ4n) is 3.75. The molecular formula is C15H22N4O3. The number of hydrogen-bond acceptors (Lipinski definition) is 3. The summed E-state index contributed by atoms with van der Waals surface area (Å²) in [5.41, 5.74) is 0.229. The zero-order chi connectivity index (χ0) is 15.7. The molecule has 0 aromatic carbocycles. The van der Waals surface area contributed by atoms with Crippen LogP contribution in [0, 0.1) is 11.3 Å². The van der Waals surface area contributed by atoms with E-state index in [4.69, 9.17) is 0 Å². The summed E-state index contributed by atoms with van der Waals surface area (Å²) in [6.07, 6.45) is 6.17. The molecule has 7 heteroatoms. The minimum atomic E-state index is -0.755. The van der Waals surface area contributed by atoms with Gasteiger partial charge in [0.1, 0.15) is 0 Å². The highest BCUT2D eigenvalue weighted by Gasteiger charge is 2.55. The smallest absolute Gasteiger partial charge is 0.317 e. The zero-order valence-electron chi connectivity index (χ0n) is 12.8. The number of fused-ring (bicyclic) bond motifs is 1. The van der Waals surface area contributed by atoms with Gasteiger partial charge in [0.15, 0.2) is 0 Å². The molecule has 0 unspecified atom stereocenters. The van der Waals surface area contributed by atoms with E-state index in [9.17, 15) is 14.7 Å². The van der Waals surface area contributed by atoms with Crippen LogP contribution in [0.15, 0.2) is 12.4 Å². The van der Waals surface area contributed by atoms with Crippen LogP contribution in [0.25, 0.3) is 0 Å². The van der Waals surface area contributed by atoms with Gasteiger partial charge in [-0.3, -0.25) is 9.48 Å². The van der Waals surface area contributed by atoms with Crippen molar-refractivity contribution in [3.05, 3.63) is 18.0 Å². The molecule has 2 N–H and O–H groups in total. The predicted octanol–water partition coefficient (Wildman–Crippen LogP) is 1.30. The van der Waals surface area contributed by atoms with Crippen LogP contribution < -0.4 is 5.32 Å². The Balaban J connectivity index is 1.58. The lowest BCUT2D eigenvalue weighted by Gasteiger charge is -2.23. The summed E-state index contributed by atoms with van der Waals surface area (Å²) in [4.78, 5) is 25.6. The molecule has 1 aliphatic heterocycles. The summed E-state index contributed by atoms with van der Waals surface area (Å²) >= 11 is 0.